The summed E-state index contributed by atoms with van der Waals surface area (Å²) >= 11 is 0. The first-order valence-corrected chi connectivity index (χ1v) is 8.03. The fourth-order valence-corrected chi connectivity index (χ4v) is 1.60. The molecule has 126 valence electrons. The lowest BCUT2D eigenvalue weighted by atomic mass is 10.2. The molecule has 0 aliphatic heterocycles. The molecule has 0 aromatic carbocycles. The number of hydrogen-bond acceptors (Lipinski definition) is 4. The zero-order valence-corrected chi connectivity index (χ0v) is 14.5. The molecular weight excluding hydrogens is 268 g/mol. The van der Waals surface area contributed by atoms with Gasteiger partial charge in [-0.05, 0) is 33.6 Å². The maximum absolute atomic E-state index is 11.5. The number of amides is 1. The summed E-state index contributed by atoms with van der Waals surface area (Å²) in [4.78, 5) is 11.5. The summed E-state index contributed by atoms with van der Waals surface area (Å²) in [5.41, 5.74) is -0.0661. The summed E-state index contributed by atoms with van der Waals surface area (Å²) in [7, 11) is 0. The maximum atomic E-state index is 11.5. The lowest BCUT2D eigenvalue weighted by molar-refractivity contribution is -0.122. The van der Waals surface area contributed by atoms with Gasteiger partial charge in [-0.3, -0.25) is 4.79 Å². The van der Waals surface area contributed by atoms with Crippen LogP contribution >= 0.6 is 0 Å². The van der Waals surface area contributed by atoms with Crippen molar-refractivity contribution in [2.75, 3.05) is 32.9 Å². The van der Waals surface area contributed by atoms with E-state index in [0.29, 0.717) is 32.2 Å². The number of rotatable bonds is 12. The highest BCUT2D eigenvalue weighted by atomic mass is 16.5. The van der Waals surface area contributed by atoms with Crippen molar-refractivity contribution in [3.63, 3.8) is 0 Å². The molecule has 0 bridgehead atoms. The van der Waals surface area contributed by atoms with Crippen LogP contribution in [0.25, 0.3) is 0 Å². The summed E-state index contributed by atoms with van der Waals surface area (Å²) in [6.07, 6.45) is 2.39. The Hall–Kier alpha value is -0.650. The zero-order chi connectivity index (χ0) is 16.1. The van der Waals surface area contributed by atoms with Gasteiger partial charge in [-0.1, -0.05) is 13.8 Å². The number of hydrogen-bond donors (Lipinski definition) is 2. The standard InChI is InChI=1S/C16H34N2O3/c1-14(2)17-9-10-18-15(19)8-13-20-11-6-7-12-21-16(3,4)5/h14,17H,6-13H2,1-5H3,(H,18,19). The van der Waals surface area contributed by atoms with Crippen LogP contribution in [-0.2, 0) is 14.3 Å². The van der Waals surface area contributed by atoms with E-state index in [-0.39, 0.29) is 11.5 Å². The Balaban J connectivity index is 3.25. The van der Waals surface area contributed by atoms with E-state index in [4.69, 9.17) is 9.47 Å². The van der Waals surface area contributed by atoms with E-state index in [1.54, 1.807) is 0 Å². The van der Waals surface area contributed by atoms with Gasteiger partial charge in [-0.2, -0.15) is 0 Å². The Morgan fingerprint density at radius 2 is 1.71 bits per heavy atom. The average molecular weight is 302 g/mol. The van der Waals surface area contributed by atoms with Crippen molar-refractivity contribution in [2.45, 2.75) is 65.5 Å². The normalized spacial score (nSPS) is 11.9. The fraction of sp³-hybridized carbons (Fsp3) is 0.938. The number of ether oxygens (including phenoxy) is 2. The third-order valence-electron chi connectivity index (χ3n) is 2.69. The Bertz CT molecular complexity index is 263. The molecule has 1 amide bonds. The van der Waals surface area contributed by atoms with Crippen molar-refractivity contribution in [1.29, 1.82) is 0 Å². The van der Waals surface area contributed by atoms with Crippen LogP contribution in [0, 0.1) is 0 Å². The second-order valence-corrected chi connectivity index (χ2v) is 6.49. The monoisotopic (exact) mass is 302 g/mol. The van der Waals surface area contributed by atoms with Crippen LogP contribution in [0.3, 0.4) is 0 Å². The molecule has 0 saturated heterocycles. The number of unbranched alkanes of at least 4 members (excludes halogenated alkanes) is 1. The van der Waals surface area contributed by atoms with Crippen LogP contribution in [0.5, 0.6) is 0 Å². The topological polar surface area (TPSA) is 59.6 Å². The molecule has 0 fully saturated rings. The fourth-order valence-electron chi connectivity index (χ4n) is 1.60. The molecule has 21 heavy (non-hydrogen) atoms. The summed E-state index contributed by atoms with van der Waals surface area (Å²) in [5.74, 6) is 0.0524. The van der Waals surface area contributed by atoms with E-state index in [1.165, 1.54) is 0 Å². The van der Waals surface area contributed by atoms with Crippen molar-refractivity contribution in [3.05, 3.63) is 0 Å². The van der Waals surface area contributed by atoms with Crippen LogP contribution in [0.2, 0.25) is 0 Å². The lowest BCUT2D eigenvalue weighted by Crippen LogP contribution is -2.34. The first-order valence-electron chi connectivity index (χ1n) is 8.03. The molecule has 0 heterocycles. The number of carbonyl (C=O) groups is 1. The first kappa shape index (κ1) is 20.3. The van der Waals surface area contributed by atoms with E-state index >= 15 is 0 Å². The van der Waals surface area contributed by atoms with Crippen molar-refractivity contribution in [1.82, 2.24) is 10.6 Å². The Labute approximate surface area is 130 Å². The van der Waals surface area contributed by atoms with Crippen LogP contribution in [0.15, 0.2) is 0 Å². The van der Waals surface area contributed by atoms with E-state index in [1.807, 2.05) is 0 Å². The van der Waals surface area contributed by atoms with Crippen LogP contribution < -0.4 is 10.6 Å². The molecule has 0 aromatic heterocycles. The van der Waals surface area contributed by atoms with Crippen molar-refractivity contribution < 1.29 is 14.3 Å². The van der Waals surface area contributed by atoms with Crippen molar-refractivity contribution in [3.8, 4) is 0 Å². The molecule has 5 heteroatoms. The Morgan fingerprint density at radius 1 is 1.05 bits per heavy atom. The van der Waals surface area contributed by atoms with Gasteiger partial charge >= 0.3 is 0 Å². The summed E-state index contributed by atoms with van der Waals surface area (Å²) < 4.78 is 11.1. The van der Waals surface area contributed by atoms with Gasteiger partial charge in [0.25, 0.3) is 0 Å². The molecule has 2 N–H and O–H groups in total. The van der Waals surface area contributed by atoms with E-state index in [0.717, 1.165) is 26.0 Å². The molecular formula is C16H34N2O3. The quantitative estimate of drug-likeness (QED) is 0.542. The van der Waals surface area contributed by atoms with Crippen LogP contribution in [0.1, 0.15) is 53.9 Å². The minimum Gasteiger partial charge on any atom is -0.381 e. The molecule has 0 rings (SSSR count). The highest BCUT2D eigenvalue weighted by molar-refractivity contribution is 5.75. The highest BCUT2D eigenvalue weighted by Gasteiger charge is 2.08. The van der Waals surface area contributed by atoms with Gasteiger partial charge in [-0.25, -0.2) is 0 Å². The highest BCUT2D eigenvalue weighted by Crippen LogP contribution is 2.07. The summed E-state index contributed by atoms with van der Waals surface area (Å²) in [6, 6.07) is 0.451. The average Bonchev–Trinajstić information content (AvgIpc) is 2.36. The molecule has 0 atom stereocenters. The second-order valence-electron chi connectivity index (χ2n) is 6.49. The molecule has 0 saturated carbocycles. The maximum Gasteiger partial charge on any atom is 0.222 e. The van der Waals surface area contributed by atoms with Crippen molar-refractivity contribution >= 4 is 5.91 Å². The van der Waals surface area contributed by atoms with Gasteiger partial charge in [0.1, 0.15) is 0 Å². The third-order valence-corrected chi connectivity index (χ3v) is 2.69. The third kappa shape index (κ3) is 17.3. The Kier molecular flexibility index (Phi) is 11.6. The van der Waals surface area contributed by atoms with Crippen LogP contribution in [0.4, 0.5) is 0 Å². The van der Waals surface area contributed by atoms with Gasteiger partial charge in [0.05, 0.1) is 12.2 Å². The van der Waals surface area contributed by atoms with Gasteiger partial charge < -0.3 is 20.1 Å². The SMILES string of the molecule is CC(C)NCCNC(=O)CCOCCCCOC(C)(C)C. The first-order chi connectivity index (χ1) is 9.81. The largest absolute Gasteiger partial charge is 0.381 e. The van der Waals surface area contributed by atoms with Gasteiger partial charge in [0.2, 0.25) is 5.91 Å². The van der Waals surface area contributed by atoms with Gasteiger partial charge in [-0.15, -0.1) is 0 Å². The van der Waals surface area contributed by atoms with Crippen molar-refractivity contribution in [2.24, 2.45) is 0 Å². The zero-order valence-electron chi connectivity index (χ0n) is 14.5. The van der Waals surface area contributed by atoms with Gasteiger partial charge in [0, 0.05) is 38.8 Å². The lowest BCUT2D eigenvalue weighted by Gasteiger charge is -2.19. The molecule has 0 unspecified atom stereocenters. The molecule has 0 radical (unpaired) electrons. The summed E-state index contributed by atoms with van der Waals surface area (Å²) in [6.45, 7) is 13.7. The van der Waals surface area contributed by atoms with Gasteiger partial charge in [0.15, 0.2) is 0 Å². The smallest absolute Gasteiger partial charge is 0.222 e. The van der Waals surface area contributed by atoms with E-state index < -0.39 is 0 Å². The number of carbonyl (C=O) groups excluding carboxylic acids is 1. The minimum atomic E-state index is -0.0661. The van der Waals surface area contributed by atoms with E-state index in [9.17, 15) is 4.79 Å². The van der Waals surface area contributed by atoms with E-state index in [2.05, 4.69) is 45.3 Å². The second kappa shape index (κ2) is 12.0. The molecule has 5 nitrogen and oxygen atoms in total. The number of nitrogens with one attached hydrogen (secondary N) is 2. The summed E-state index contributed by atoms with van der Waals surface area (Å²) in [5, 5.41) is 6.11. The predicted octanol–water partition coefficient (Wildman–Crippen LogP) is 2.10. The minimum absolute atomic E-state index is 0.0524. The molecule has 0 spiro atoms. The Morgan fingerprint density at radius 3 is 2.33 bits per heavy atom. The molecule has 0 aromatic rings. The molecule has 0 aliphatic carbocycles. The molecule has 0 aliphatic rings. The van der Waals surface area contributed by atoms with Crippen LogP contribution in [-0.4, -0.2) is 50.5 Å². The predicted molar refractivity (Wildman–Crippen MR) is 86.5 cm³/mol.